The van der Waals surface area contributed by atoms with Gasteiger partial charge in [-0.25, -0.2) is 4.98 Å². The number of nitrogens with zero attached hydrogens (tertiary/aromatic N) is 3. The Bertz CT molecular complexity index is 1030. The lowest BCUT2D eigenvalue weighted by atomic mass is 10.3. The molecule has 0 aromatic carbocycles. The molecule has 0 N–H and O–H groups in total. The third kappa shape index (κ3) is 5.27. The summed E-state index contributed by atoms with van der Waals surface area (Å²) in [7, 11) is 0. The number of imide groups is 1. The first kappa shape index (κ1) is 22.9. The topological polar surface area (TPSA) is 81.0 Å². The molecule has 2 amide bonds. The number of halogens is 3. The summed E-state index contributed by atoms with van der Waals surface area (Å²) in [6.45, 7) is 2.45. The number of ketones is 1. The summed E-state index contributed by atoms with van der Waals surface area (Å²) in [6, 6.07) is 3.11. The number of allylic oxidation sites excluding steroid dienone is 1. The van der Waals surface area contributed by atoms with E-state index in [1.54, 1.807) is 18.2 Å². The first-order valence-electron chi connectivity index (χ1n) is 9.68. The number of Topliss-reactive ketones (excluding diaryl/α,β-unsaturated/α-hetero) is 1. The summed E-state index contributed by atoms with van der Waals surface area (Å²) in [5.74, 6) is -2.07. The van der Waals surface area contributed by atoms with Crippen LogP contribution in [0.5, 0.6) is 5.75 Å². The van der Waals surface area contributed by atoms with Crippen LogP contribution in [0, 0.1) is 0 Å². The van der Waals surface area contributed by atoms with Gasteiger partial charge in [0, 0.05) is 18.9 Å². The predicted octanol–water partition coefficient (Wildman–Crippen LogP) is 4.62. The maximum atomic E-state index is 12.6. The average Bonchev–Trinajstić information content (AvgIpc) is 3.27. The van der Waals surface area contributed by atoms with Crippen molar-refractivity contribution in [2.75, 3.05) is 13.2 Å². The number of hydrogen-bond donors (Lipinski definition) is 0. The zero-order valence-corrected chi connectivity index (χ0v) is 17.5. The lowest BCUT2D eigenvalue weighted by Crippen LogP contribution is -2.29. The lowest BCUT2D eigenvalue weighted by molar-refractivity contribution is -0.122. The van der Waals surface area contributed by atoms with Crippen LogP contribution in [0.4, 0.5) is 18.0 Å². The number of amides is 2. The quantitative estimate of drug-likeness (QED) is 0.312. The number of thioether (sulfide) groups is 1. The number of aromatic nitrogens is 2. The van der Waals surface area contributed by atoms with Gasteiger partial charge in [0.1, 0.15) is 5.69 Å². The summed E-state index contributed by atoms with van der Waals surface area (Å²) in [5.41, 5.74) is -0.610. The second-order valence-corrected chi connectivity index (χ2v) is 7.79. The van der Waals surface area contributed by atoms with Crippen molar-refractivity contribution in [2.45, 2.75) is 38.8 Å². The molecular weight excluding hydrogens is 435 g/mol. The highest BCUT2D eigenvalue weighted by molar-refractivity contribution is 8.18. The van der Waals surface area contributed by atoms with Gasteiger partial charge in [-0.05, 0) is 43.2 Å². The molecule has 2 aromatic heterocycles. The molecule has 1 aliphatic rings. The number of carbonyl (C=O) groups excluding carboxylic acids is 3. The highest BCUT2D eigenvalue weighted by Crippen LogP contribution is 2.31. The fraction of sp³-hybridized carbons (Fsp3) is 0.400. The third-order valence-corrected chi connectivity index (χ3v) is 5.42. The molecule has 166 valence electrons. The van der Waals surface area contributed by atoms with E-state index in [1.165, 1.54) is 15.5 Å². The maximum absolute atomic E-state index is 12.6. The standard InChI is InChI=1S/C20H20F3N3O4S/c1-2-3-8-15-18(28)26(19(29)31-15)10-4-5-11-30-14-7-6-9-25-12-13(24-17(14)25)16(27)20(21,22)23/h6-9,12H,2-5,10-11H2,1H3. The van der Waals surface area contributed by atoms with Gasteiger partial charge in [-0.2, -0.15) is 13.2 Å². The number of ether oxygens (including phenoxy) is 1. The van der Waals surface area contributed by atoms with Gasteiger partial charge >= 0.3 is 6.18 Å². The van der Waals surface area contributed by atoms with Gasteiger partial charge in [-0.1, -0.05) is 19.4 Å². The minimum absolute atomic E-state index is 0.0992. The largest absolute Gasteiger partial charge is 0.490 e. The number of unbranched alkanes of at least 4 members (excludes halogenated alkanes) is 2. The van der Waals surface area contributed by atoms with Gasteiger partial charge in [-0.15, -0.1) is 0 Å². The lowest BCUT2D eigenvalue weighted by Gasteiger charge is -2.12. The molecule has 3 rings (SSSR count). The highest BCUT2D eigenvalue weighted by atomic mass is 32.2. The van der Waals surface area contributed by atoms with Crippen LogP contribution in [-0.2, 0) is 4.79 Å². The number of rotatable bonds is 9. The van der Waals surface area contributed by atoms with Crippen molar-refractivity contribution in [3.8, 4) is 5.75 Å². The fourth-order valence-corrected chi connectivity index (χ4v) is 3.79. The van der Waals surface area contributed by atoms with Crippen LogP contribution < -0.4 is 4.74 Å². The molecule has 1 aliphatic heterocycles. The fourth-order valence-electron chi connectivity index (χ4n) is 2.91. The second kappa shape index (κ2) is 9.54. The van der Waals surface area contributed by atoms with Crippen LogP contribution in [0.2, 0.25) is 0 Å². The molecule has 0 saturated carbocycles. The first-order chi connectivity index (χ1) is 14.7. The molecule has 3 heterocycles. The normalized spacial score (nSPS) is 16.0. The van der Waals surface area contributed by atoms with Crippen molar-refractivity contribution < 1.29 is 32.3 Å². The van der Waals surface area contributed by atoms with Crippen LogP contribution in [0.1, 0.15) is 43.1 Å². The minimum Gasteiger partial charge on any atom is -0.490 e. The van der Waals surface area contributed by atoms with E-state index in [0.717, 1.165) is 30.8 Å². The van der Waals surface area contributed by atoms with E-state index in [-0.39, 0.29) is 35.7 Å². The van der Waals surface area contributed by atoms with Crippen molar-refractivity contribution in [3.63, 3.8) is 0 Å². The molecule has 0 atom stereocenters. The Hall–Kier alpha value is -2.82. The van der Waals surface area contributed by atoms with E-state index in [1.807, 2.05) is 6.92 Å². The van der Waals surface area contributed by atoms with E-state index in [9.17, 15) is 27.6 Å². The van der Waals surface area contributed by atoms with Crippen LogP contribution >= 0.6 is 11.8 Å². The van der Waals surface area contributed by atoms with Gasteiger partial charge < -0.3 is 9.14 Å². The highest BCUT2D eigenvalue weighted by Gasteiger charge is 2.41. The van der Waals surface area contributed by atoms with E-state index >= 15 is 0 Å². The molecule has 0 bridgehead atoms. The second-order valence-electron chi connectivity index (χ2n) is 6.79. The van der Waals surface area contributed by atoms with Crippen molar-refractivity contribution in [3.05, 3.63) is 41.2 Å². The molecule has 0 aliphatic carbocycles. The van der Waals surface area contributed by atoms with E-state index < -0.39 is 17.7 Å². The summed E-state index contributed by atoms with van der Waals surface area (Å²) >= 11 is 0.939. The van der Waals surface area contributed by atoms with Crippen LogP contribution in [0.3, 0.4) is 0 Å². The molecule has 7 nitrogen and oxygen atoms in total. The van der Waals surface area contributed by atoms with E-state index in [4.69, 9.17) is 4.74 Å². The molecule has 0 spiro atoms. The average molecular weight is 455 g/mol. The van der Waals surface area contributed by atoms with Crippen LogP contribution in [0.15, 0.2) is 35.5 Å². The smallest absolute Gasteiger partial charge is 0.456 e. The summed E-state index contributed by atoms with van der Waals surface area (Å²) in [5, 5.41) is -0.294. The minimum atomic E-state index is -5.01. The number of hydrogen-bond acceptors (Lipinski definition) is 6. The Morgan fingerprint density at radius 1 is 1.29 bits per heavy atom. The van der Waals surface area contributed by atoms with Gasteiger partial charge in [0.25, 0.3) is 16.9 Å². The Morgan fingerprint density at radius 3 is 2.77 bits per heavy atom. The zero-order valence-electron chi connectivity index (χ0n) is 16.6. The number of imidazole rings is 1. The predicted molar refractivity (Wildman–Crippen MR) is 108 cm³/mol. The molecule has 2 aromatic rings. The zero-order chi connectivity index (χ0) is 22.6. The Kier molecular flexibility index (Phi) is 7.04. The van der Waals surface area contributed by atoms with Gasteiger partial charge in [0.15, 0.2) is 11.4 Å². The van der Waals surface area contributed by atoms with Gasteiger partial charge in [0.05, 0.1) is 11.5 Å². The maximum Gasteiger partial charge on any atom is 0.456 e. The van der Waals surface area contributed by atoms with E-state index in [0.29, 0.717) is 17.7 Å². The monoisotopic (exact) mass is 455 g/mol. The number of alkyl halides is 3. The van der Waals surface area contributed by atoms with Gasteiger partial charge in [-0.3, -0.25) is 19.3 Å². The third-order valence-electron chi connectivity index (χ3n) is 4.46. The SMILES string of the molecule is CCCC=C1SC(=O)N(CCCCOc2cccn3cc(C(=O)C(F)(F)F)nc23)C1=O. The Morgan fingerprint density at radius 2 is 2.06 bits per heavy atom. The molecule has 1 fully saturated rings. The van der Waals surface area contributed by atoms with Crippen molar-refractivity contribution >= 4 is 34.3 Å². The molecular formula is C20H20F3N3O4S. The van der Waals surface area contributed by atoms with Crippen LogP contribution in [-0.4, -0.2) is 50.5 Å². The van der Waals surface area contributed by atoms with Gasteiger partial charge in [0.2, 0.25) is 0 Å². The first-order valence-corrected chi connectivity index (χ1v) is 10.5. The van der Waals surface area contributed by atoms with Crippen LogP contribution in [0.25, 0.3) is 5.65 Å². The molecule has 0 unspecified atom stereocenters. The van der Waals surface area contributed by atoms with E-state index in [2.05, 4.69) is 4.98 Å². The summed E-state index contributed by atoms with van der Waals surface area (Å²) < 4.78 is 44.8. The molecule has 0 radical (unpaired) electrons. The number of carbonyl (C=O) groups is 3. The Balaban J connectivity index is 1.54. The van der Waals surface area contributed by atoms with Crippen molar-refractivity contribution in [1.82, 2.24) is 14.3 Å². The summed E-state index contributed by atoms with van der Waals surface area (Å²) in [6.07, 6.45) is 1.87. The number of fused-ring (bicyclic) bond motifs is 1. The summed E-state index contributed by atoms with van der Waals surface area (Å²) in [4.78, 5) is 41.1. The number of pyridine rings is 1. The molecule has 1 saturated heterocycles. The Labute approximate surface area is 180 Å². The molecule has 31 heavy (non-hydrogen) atoms. The molecule has 11 heteroatoms. The van der Waals surface area contributed by atoms with Crippen molar-refractivity contribution in [1.29, 1.82) is 0 Å². The van der Waals surface area contributed by atoms with Crippen molar-refractivity contribution in [2.24, 2.45) is 0 Å².